The maximum Gasteiger partial charge on any atom is 0.261 e. The maximum atomic E-state index is 12.6. The molecule has 0 unspecified atom stereocenters. The van der Waals surface area contributed by atoms with Gasteiger partial charge in [0.05, 0.1) is 17.2 Å². The molecule has 28 heavy (non-hydrogen) atoms. The van der Waals surface area contributed by atoms with E-state index in [1.165, 1.54) is 10.9 Å². The minimum absolute atomic E-state index is 0.0253. The van der Waals surface area contributed by atoms with Gasteiger partial charge in [0, 0.05) is 31.7 Å². The molecule has 7 nitrogen and oxygen atoms in total. The Bertz CT molecular complexity index is 1070. The molecule has 3 aromatic rings. The Morgan fingerprint density at radius 1 is 0.857 bits per heavy atom. The Morgan fingerprint density at radius 3 is 2.25 bits per heavy atom. The lowest BCUT2D eigenvalue weighted by molar-refractivity contribution is -0.133. The van der Waals surface area contributed by atoms with Crippen LogP contribution in [-0.2, 0) is 11.3 Å². The van der Waals surface area contributed by atoms with Crippen LogP contribution in [-0.4, -0.2) is 57.3 Å². The highest BCUT2D eigenvalue weighted by Gasteiger charge is 2.25. The smallest absolute Gasteiger partial charge is 0.261 e. The van der Waals surface area contributed by atoms with Gasteiger partial charge in [0.1, 0.15) is 6.54 Å². The predicted molar refractivity (Wildman–Crippen MR) is 105 cm³/mol. The molecule has 1 aliphatic heterocycles. The molecule has 0 N–H and O–H groups in total. The Morgan fingerprint density at radius 2 is 1.50 bits per heavy atom. The average molecular weight is 376 g/mol. The molecule has 0 spiro atoms. The van der Waals surface area contributed by atoms with Crippen LogP contribution in [0.15, 0.2) is 65.7 Å². The van der Waals surface area contributed by atoms with Gasteiger partial charge in [0.2, 0.25) is 5.91 Å². The van der Waals surface area contributed by atoms with Crippen molar-refractivity contribution in [2.24, 2.45) is 0 Å². The van der Waals surface area contributed by atoms with Crippen molar-refractivity contribution in [3.63, 3.8) is 0 Å². The molecule has 0 bridgehead atoms. The number of nitrogens with zero attached hydrogens (tertiary/aromatic N) is 4. The van der Waals surface area contributed by atoms with Crippen molar-refractivity contribution in [3.05, 3.63) is 76.8 Å². The van der Waals surface area contributed by atoms with Gasteiger partial charge < -0.3 is 9.80 Å². The summed E-state index contributed by atoms with van der Waals surface area (Å²) in [6.07, 6.45) is 1.41. The molecule has 2 aromatic carbocycles. The monoisotopic (exact) mass is 376 g/mol. The van der Waals surface area contributed by atoms with Gasteiger partial charge in [-0.3, -0.25) is 19.0 Å². The van der Waals surface area contributed by atoms with Crippen molar-refractivity contribution < 1.29 is 9.59 Å². The highest BCUT2D eigenvalue weighted by molar-refractivity contribution is 5.94. The summed E-state index contributed by atoms with van der Waals surface area (Å²) in [5, 5.41) is 0.496. The van der Waals surface area contributed by atoms with Gasteiger partial charge >= 0.3 is 0 Å². The van der Waals surface area contributed by atoms with E-state index in [1.54, 1.807) is 40.1 Å². The van der Waals surface area contributed by atoms with Gasteiger partial charge in [-0.05, 0) is 24.3 Å². The molecule has 2 heterocycles. The molecule has 0 aliphatic carbocycles. The average Bonchev–Trinajstić information content (AvgIpc) is 2.76. The van der Waals surface area contributed by atoms with E-state index in [-0.39, 0.29) is 23.9 Å². The van der Waals surface area contributed by atoms with Crippen LogP contribution in [0.25, 0.3) is 10.9 Å². The van der Waals surface area contributed by atoms with Gasteiger partial charge in [-0.2, -0.15) is 0 Å². The summed E-state index contributed by atoms with van der Waals surface area (Å²) in [7, 11) is 0. The molecule has 0 radical (unpaired) electrons. The molecule has 1 fully saturated rings. The SMILES string of the molecule is O=C(Cn1cnc2ccccc2c1=O)N1CCN(C(=O)c2ccccc2)CC1. The third kappa shape index (κ3) is 3.51. The van der Waals surface area contributed by atoms with Crippen molar-refractivity contribution in [1.29, 1.82) is 0 Å². The molecule has 0 atom stereocenters. The predicted octanol–water partition coefficient (Wildman–Crippen LogP) is 1.38. The molecular formula is C21H20N4O3. The van der Waals surface area contributed by atoms with E-state index >= 15 is 0 Å². The Labute approximate surface area is 161 Å². The number of fused-ring (bicyclic) bond motifs is 1. The van der Waals surface area contributed by atoms with E-state index in [0.717, 1.165) is 0 Å². The number of amides is 2. The van der Waals surface area contributed by atoms with Gasteiger partial charge in [0.15, 0.2) is 0 Å². The molecule has 142 valence electrons. The van der Waals surface area contributed by atoms with Crippen molar-refractivity contribution in [3.8, 4) is 0 Å². The Hall–Kier alpha value is -3.48. The van der Waals surface area contributed by atoms with Crippen molar-refractivity contribution >= 4 is 22.7 Å². The van der Waals surface area contributed by atoms with Gasteiger partial charge in [-0.1, -0.05) is 30.3 Å². The number of piperazine rings is 1. The first-order valence-corrected chi connectivity index (χ1v) is 9.20. The quantitative estimate of drug-likeness (QED) is 0.692. The van der Waals surface area contributed by atoms with Crippen LogP contribution in [0.2, 0.25) is 0 Å². The molecule has 1 aromatic heterocycles. The van der Waals surface area contributed by atoms with Crippen LogP contribution in [0.4, 0.5) is 0 Å². The number of benzene rings is 2. The van der Waals surface area contributed by atoms with Crippen LogP contribution in [0.1, 0.15) is 10.4 Å². The lowest BCUT2D eigenvalue weighted by atomic mass is 10.2. The summed E-state index contributed by atoms with van der Waals surface area (Å²) >= 11 is 0. The van der Waals surface area contributed by atoms with Crippen molar-refractivity contribution in [2.45, 2.75) is 6.54 Å². The van der Waals surface area contributed by atoms with E-state index in [4.69, 9.17) is 0 Å². The summed E-state index contributed by atoms with van der Waals surface area (Å²) in [6, 6.07) is 16.2. The summed E-state index contributed by atoms with van der Waals surface area (Å²) < 4.78 is 1.34. The van der Waals surface area contributed by atoms with Crippen LogP contribution >= 0.6 is 0 Å². The van der Waals surface area contributed by atoms with E-state index in [1.807, 2.05) is 24.3 Å². The largest absolute Gasteiger partial charge is 0.338 e. The van der Waals surface area contributed by atoms with Crippen molar-refractivity contribution in [1.82, 2.24) is 19.4 Å². The third-order valence-electron chi connectivity index (χ3n) is 4.98. The first-order valence-electron chi connectivity index (χ1n) is 9.20. The summed E-state index contributed by atoms with van der Waals surface area (Å²) in [5.41, 5.74) is 1.04. The first kappa shape index (κ1) is 17.9. The topological polar surface area (TPSA) is 75.5 Å². The normalized spacial score (nSPS) is 14.3. The summed E-state index contributed by atoms with van der Waals surface area (Å²) in [5.74, 6) is -0.173. The molecule has 2 amide bonds. The summed E-state index contributed by atoms with van der Waals surface area (Å²) in [4.78, 5) is 45.4. The second kappa shape index (κ2) is 7.64. The van der Waals surface area contributed by atoms with E-state index in [2.05, 4.69) is 4.98 Å². The highest BCUT2D eigenvalue weighted by Crippen LogP contribution is 2.10. The standard InChI is InChI=1S/C21H20N4O3/c26-19(14-25-15-22-18-9-5-4-8-17(18)21(25)28)23-10-12-24(13-11-23)20(27)16-6-2-1-3-7-16/h1-9,15H,10-14H2. The van der Waals surface area contributed by atoms with E-state index < -0.39 is 0 Å². The van der Waals surface area contributed by atoms with Gasteiger partial charge in [-0.15, -0.1) is 0 Å². The fourth-order valence-corrected chi connectivity index (χ4v) is 3.39. The molecule has 0 saturated carbocycles. The molecular weight excluding hydrogens is 356 g/mol. The number of hydrogen-bond acceptors (Lipinski definition) is 4. The number of hydrogen-bond donors (Lipinski definition) is 0. The third-order valence-corrected chi connectivity index (χ3v) is 4.98. The minimum atomic E-state index is -0.225. The Kier molecular flexibility index (Phi) is 4.89. The fourth-order valence-electron chi connectivity index (χ4n) is 3.39. The lowest BCUT2D eigenvalue weighted by Crippen LogP contribution is -2.51. The molecule has 1 saturated heterocycles. The fraction of sp³-hybridized carbons (Fsp3) is 0.238. The lowest BCUT2D eigenvalue weighted by Gasteiger charge is -2.35. The van der Waals surface area contributed by atoms with Gasteiger partial charge in [-0.25, -0.2) is 4.98 Å². The zero-order valence-corrected chi connectivity index (χ0v) is 15.3. The van der Waals surface area contributed by atoms with Crippen LogP contribution in [0.3, 0.4) is 0 Å². The molecule has 7 heteroatoms. The first-order chi connectivity index (χ1) is 13.6. The minimum Gasteiger partial charge on any atom is -0.338 e. The number of aromatic nitrogens is 2. The number of para-hydroxylation sites is 1. The zero-order valence-electron chi connectivity index (χ0n) is 15.3. The second-order valence-corrected chi connectivity index (χ2v) is 6.73. The van der Waals surface area contributed by atoms with Crippen LogP contribution in [0, 0.1) is 0 Å². The number of carbonyl (C=O) groups is 2. The van der Waals surface area contributed by atoms with E-state index in [0.29, 0.717) is 42.6 Å². The summed E-state index contributed by atoms with van der Waals surface area (Å²) in [6.45, 7) is 1.80. The van der Waals surface area contributed by atoms with E-state index in [9.17, 15) is 14.4 Å². The van der Waals surface area contributed by atoms with Crippen LogP contribution in [0.5, 0.6) is 0 Å². The second-order valence-electron chi connectivity index (χ2n) is 6.73. The van der Waals surface area contributed by atoms with Gasteiger partial charge in [0.25, 0.3) is 11.5 Å². The highest BCUT2D eigenvalue weighted by atomic mass is 16.2. The Balaban J connectivity index is 1.40. The van der Waals surface area contributed by atoms with Crippen molar-refractivity contribution in [2.75, 3.05) is 26.2 Å². The maximum absolute atomic E-state index is 12.6. The molecule has 4 rings (SSSR count). The molecule has 1 aliphatic rings. The zero-order chi connectivity index (χ0) is 19.5. The number of rotatable bonds is 3. The van der Waals surface area contributed by atoms with Crippen LogP contribution < -0.4 is 5.56 Å². The number of carbonyl (C=O) groups excluding carboxylic acids is 2.